The second-order valence-electron chi connectivity index (χ2n) is 5.75. The summed E-state index contributed by atoms with van der Waals surface area (Å²) in [5, 5.41) is 4.22. The summed E-state index contributed by atoms with van der Waals surface area (Å²) in [6.07, 6.45) is -5.37. The number of alkyl halides is 3. The monoisotopic (exact) mass is 406 g/mol. The number of hydrazone groups is 1. The fraction of sp³-hybridized carbons (Fsp3) is 0.188. The first-order valence-corrected chi connectivity index (χ1v) is 8.87. The Labute approximate surface area is 150 Å². The van der Waals surface area contributed by atoms with Crippen molar-refractivity contribution in [1.29, 1.82) is 0 Å². The highest BCUT2D eigenvalue weighted by Crippen LogP contribution is 2.40. The number of benzene rings is 2. The largest absolute Gasteiger partial charge is 0.431 e. The molecule has 1 atom stereocenters. The van der Waals surface area contributed by atoms with E-state index in [1.807, 2.05) is 0 Å². The number of anilines is 1. The van der Waals surface area contributed by atoms with Gasteiger partial charge in [0, 0.05) is 12.5 Å². The van der Waals surface area contributed by atoms with Crippen molar-refractivity contribution in [3.05, 3.63) is 59.7 Å². The molecule has 2 aromatic carbocycles. The molecule has 3 rings (SSSR count). The molecule has 0 aliphatic carbocycles. The van der Waals surface area contributed by atoms with Crippen LogP contribution in [0.3, 0.4) is 0 Å². The van der Waals surface area contributed by atoms with Gasteiger partial charge in [-0.3, -0.25) is 9.56 Å². The van der Waals surface area contributed by atoms with Crippen molar-refractivity contribution in [3.8, 4) is 0 Å². The molecule has 0 spiro atoms. The van der Waals surface area contributed by atoms with E-state index >= 15 is 0 Å². The quantitative estimate of drug-likeness (QED) is 0.616. The van der Waals surface area contributed by atoms with Crippen LogP contribution < -0.4 is 5.01 Å². The normalized spacial score (nSPS) is 17.9. The smallest absolute Gasteiger partial charge is 0.282 e. The molecule has 0 saturated heterocycles. The summed E-state index contributed by atoms with van der Waals surface area (Å²) in [7, 11) is -4.48. The van der Waals surface area contributed by atoms with Gasteiger partial charge in [-0.05, 0) is 29.8 Å². The lowest BCUT2D eigenvalue weighted by molar-refractivity contribution is -0.0600. The minimum atomic E-state index is -4.75. The Morgan fingerprint density at radius 2 is 1.70 bits per heavy atom. The summed E-state index contributed by atoms with van der Waals surface area (Å²) in [5.41, 5.74) is -1.32. The summed E-state index contributed by atoms with van der Waals surface area (Å²) in [6, 6.07) is 5.68. The van der Waals surface area contributed by atoms with E-state index in [2.05, 4.69) is 5.10 Å². The van der Waals surface area contributed by atoms with Gasteiger partial charge in [-0.15, -0.1) is 0 Å². The number of hydrogen-bond acceptors (Lipinski definition) is 4. The van der Waals surface area contributed by atoms with Gasteiger partial charge < -0.3 is 0 Å². The Morgan fingerprint density at radius 1 is 1.07 bits per heavy atom. The SMILES string of the molecule is O=S(=O)(O)c1ccc([C@H]2CC(C(F)(F)F)=NN2c2ccc(F)cc2F)cc1. The Balaban J connectivity index is 2.05. The topological polar surface area (TPSA) is 70.0 Å². The van der Waals surface area contributed by atoms with E-state index < -0.39 is 51.0 Å². The molecule has 0 aromatic heterocycles. The zero-order chi connectivity index (χ0) is 20.0. The lowest BCUT2D eigenvalue weighted by Crippen LogP contribution is -2.21. The van der Waals surface area contributed by atoms with Crippen LogP contribution >= 0.6 is 0 Å². The van der Waals surface area contributed by atoms with Gasteiger partial charge >= 0.3 is 6.18 Å². The Bertz CT molecular complexity index is 1000. The highest BCUT2D eigenvalue weighted by Gasteiger charge is 2.44. The van der Waals surface area contributed by atoms with Crippen LogP contribution in [0, 0.1) is 11.6 Å². The van der Waals surface area contributed by atoms with Crippen molar-refractivity contribution >= 4 is 21.5 Å². The average Bonchev–Trinajstić information content (AvgIpc) is 2.99. The van der Waals surface area contributed by atoms with Crippen LogP contribution in [0.1, 0.15) is 18.0 Å². The van der Waals surface area contributed by atoms with E-state index in [0.29, 0.717) is 6.07 Å². The maximum absolute atomic E-state index is 14.1. The number of hydrogen-bond donors (Lipinski definition) is 1. The van der Waals surface area contributed by atoms with E-state index in [1.165, 1.54) is 12.1 Å². The van der Waals surface area contributed by atoms with Crippen LogP contribution in [-0.2, 0) is 10.1 Å². The van der Waals surface area contributed by atoms with E-state index in [0.717, 1.165) is 29.3 Å². The lowest BCUT2D eigenvalue weighted by Gasteiger charge is -2.24. The molecule has 2 aromatic rings. The predicted molar refractivity (Wildman–Crippen MR) is 85.9 cm³/mol. The van der Waals surface area contributed by atoms with E-state index in [1.54, 1.807) is 0 Å². The van der Waals surface area contributed by atoms with Crippen LogP contribution in [-0.4, -0.2) is 24.9 Å². The predicted octanol–water partition coefficient (Wildman–Crippen LogP) is 4.08. The third-order valence-electron chi connectivity index (χ3n) is 3.96. The molecule has 5 nitrogen and oxygen atoms in total. The molecule has 0 bridgehead atoms. The fourth-order valence-electron chi connectivity index (χ4n) is 2.69. The molecule has 27 heavy (non-hydrogen) atoms. The van der Waals surface area contributed by atoms with Crippen molar-refractivity contribution in [3.63, 3.8) is 0 Å². The first-order valence-electron chi connectivity index (χ1n) is 7.43. The summed E-state index contributed by atoms with van der Waals surface area (Å²) < 4.78 is 97.7. The van der Waals surface area contributed by atoms with Crippen molar-refractivity contribution in [1.82, 2.24) is 0 Å². The van der Waals surface area contributed by atoms with Crippen LogP contribution in [0.2, 0.25) is 0 Å². The molecule has 0 unspecified atom stereocenters. The van der Waals surface area contributed by atoms with Gasteiger partial charge in [0.05, 0.1) is 16.6 Å². The van der Waals surface area contributed by atoms with Crippen molar-refractivity contribution in [2.45, 2.75) is 23.5 Å². The van der Waals surface area contributed by atoms with Crippen LogP contribution in [0.5, 0.6) is 0 Å². The van der Waals surface area contributed by atoms with Crippen molar-refractivity contribution < 1.29 is 34.9 Å². The standard InChI is InChI=1S/C16H11F5N2O3S/c17-10-3-6-13(12(18)7-10)23-14(8-15(22-23)16(19,20)21)9-1-4-11(5-2-9)27(24,25)26/h1-7,14H,8H2,(H,24,25,26)/t14-/m1/s1. The van der Waals surface area contributed by atoms with Crippen LogP contribution in [0.4, 0.5) is 27.6 Å². The maximum Gasteiger partial charge on any atom is 0.431 e. The summed E-state index contributed by atoms with van der Waals surface area (Å²) >= 11 is 0. The average molecular weight is 406 g/mol. The first kappa shape index (κ1) is 19.2. The maximum atomic E-state index is 14.1. The van der Waals surface area contributed by atoms with Crippen molar-refractivity contribution in [2.24, 2.45) is 5.10 Å². The Hall–Kier alpha value is -2.53. The second-order valence-corrected chi connectivity index (χ2v) is 7.17. The minimum Gasteiger partial charge on any atom is -0.282 e. The number of nitrogens with zero attached hydrogens (tertiary/aromatic N) is 2. The van der Waals surface area contributed by atoms with E-state index in [4.69, 9.17) is 4.55 Å². The van der Waals surface area contributed by atoms with Gasteiger partial charge in [-0.1, -0.05) is 12.1 Å². The zero-order valence-electron chi connectivity index (χ0n) is 13.3. The first-order chi connectivity index (χ1) is 12.5. The Morgan fingerprint density at radius 3 is 2.22 bits per heavy atom. The molecular weight excluding hydrogens is 395 g/mol. The van der Waals surface area contributed by atoms with Gasteiger partial charge in [-0.25, -0.2) is 8.78 Å². The summed E-state index contributed by atoms with van der Waals surface area (Å²) in [6.45, 7) is 0. The van der Waals surface area contributed by atoms with Crippen LogP contribution in [0.25, 0.3) is 0 Å². The molecule has 0 saturated carbocycles. The molecule has 1 heterocycles. The van der Waals surface area contributed by atoms with E-state index in [9.17, 15) is 30.4 Å². The minimum absolute atomic E-state index is 0.203. The van der Waals surface area contributed by atoms with Gasteiger partial charge in [-0.2, -0.15) is 26.7 Å². The number of halogens is 5. The van der Waals surface area contributed by atoms with E-state index in [-0.39, 0.29) is 11.3 Å². The van der Waals surface area contributed by atoms with Gasteiger partial charge in [0.2, 0.25) is 0 Å². The molecule has 1 aliphatic heterocycles. The van der Waals surface area contributed by atoms with Crippen molar-refractivity contribution in [2.75, 3.05) is 5.01 Å². The summed E-state index contributed by atoms with van der Waals surface area (Å²) in [5.74, 6) is -1.99. The number of rotatable bonds is 3. The third kappa shape index (κ3) is 3.93. The summed E-state index contributed by atoms with van der Waals surface area (Å²) in [4.78, 5) is -0.444. The molecule has 1 N–H and O–H groups in total. The van der Waals surface area contributed by atoms with Gasteiger partial charge in [0.25, 0.3) is 10.1 Å². The lowest BCUT2D eigenvalue weighted by atomic mass is 10.0. The highest BCUT2D eigenvalue weighted by molar-refractivity contribution is 7.85. The second kappa shape index (κ2) is 6.57. The highest BCUT2D eigenvalue weighted by atomic mass is 32.2. The molecule has 144 valence electrons. The molecular formula is C16H11F5N2O3S. The molecule has 0 radical (unpaired) electrons. The molecule has 1 aliphatic rings. The van der Waals surface area contributed by atoms with Crippen LogP contribution in [0.15, 0.2) is 52.5 Å². The zero-order valence-corrected chi connectivity index (χ0v) is 14.1. The Kier molecular flexibility index (Phi) is 4.68. The molecule has 0 fully saturated rings. The third-order valence-corrected chi connectivity index (χ3v) is 4.82. The van der Waals surface area contributed by atoms with Gasteiger partial charge in [0.15, 0.2) is 5.82 Å². The van der Waals surface area contributed by atoms with Gasteiger partial charge in [0.1, 0.15) is 11.5 Å². The molecule has 11 heteroatoms. The molecule has 0 amide bonds. The fourth-order valence-corrected chi connectivity index (χ4v) is 3.17.